The highest BCUT2D eigenvalue weighted by molar-refractivity contribution is 5.97. The summed E-state index contributed by atoms with van der Waals surface area (Å²) in [5.41, 5.74) is 6.58. The summed E-state index contributed by atoms with van der Waals surface area (Å²) < 4.78 is 0. The molecule has 4 nitrogen and oxygen atoms in total. The molecule has 1 rings (SSSR count). The molecule has 1 aromatic carbocycles. The SMILES string of the molecule is CC(=O)Nc1ccc(C(=O)CC(C)(C)N)cc1. The summed E-state index contributed by atoms with van der Waals surface area (Å²) in [7, 11) is 0. The van der Waals surface area contributed by atoms with E-state index < -0.39 is 5.54 Å². The standard InChI is InChI=1S/C13H18N2O2/c1-9(16)15-11-6-4-10(5-7-11)12(17)8-13(2,3)14/h4-7H,8,14H2,1-3H3,(H,15,16). The largest absolute Gasteiger partial charge is 0.326 e. The maximum atomic E-state index is 11.8. The molecule has 0 aliphatic heterocycles. The minimum atomic E-state index is -0.507. The summed E-state index contributed by atoms with van der Waals surface area (Å²) in [6.45, 7) is 5.07. The molecule has 17 heavy (non-hydrogen) atoms. The summed E-state index contributed by atoms with van der Waals surface area (Å²) in [6, 6.07) is 6.80. The molecule has 0 atom stereocenters. The predicted octanol–water partition coefficient (Wildman–Crippen LogP) is 1.96. The van der Waals surface area contributed by atoms with Crippen LogP contribution in [0.15, 0.2) is 24.3 Å². The van der Waals surface area contributed by atoms with Crippen LogP contribution in [0.2, 0.25) is 0 Å². The first kappa shape index (κ1) is 13.4. The first-order chi connectivity index (χ1) is 7.78. The van der Waals surface area contributed by atoms with Crippen molar-refractivity contribution >= 4 is 17.4 Å². The third kappa shape index (κ3) is 4.78. The van der Waals surface area contributed by atoms with Crippen molar-refractivity contribution in [2.24, 2.45) is 5.73 Å². The molecule has 0 heterocycles. The number of anilines is 1. The van der Waals surface area contributed by atoms with E-state index in [4.69, 9.17) is 5.73 Å². The monoisotopic (exact) mass is 234 g/mol. The molecule has 4 heteroatoms. The summed E-state index contributed by atoms with van der Waals surface area (Å²) >= 11 is 0. The third-order valence-electron chi connectivity index (χ3n) is 2.14. The van der Waals surface area contributed by atoms with Crippen molar-refractivity contribution in [1.82, 2.24) is 0 Å². The number of carbonyl (C=O) groups is 2. The van der Waals surface area contributed by atoms with Gasteiger partial charge in [-0.1, -0.05) is 0 Å². The van der Waals surface area contributed by atoms with Crippen molar-refractivity contribution in [2.45, 2.75) is 32.7 Å². The number of ketones is 1. The maximum absolute atomic E-state index is 11.8. The van der Waals surface area contributed by atoms with Gasteiger partial charge >= 0.3 is 0 Å². The normalized spacial score (nSPS) is 11.1. The Morgan fingerprint density at radius 1 is 1.24 bits per heavy atom. The fraction of sp³-hybridized carbons (Fsp3) is 0.385. The second-order valence-electron chi connectivity index (χ2n) is 4.85. The van der Waals surface area contributed by atoms with Crippen LogP contribution in [0.5, 0.6) is 0 Å². The Hall–Kier alpha value is -1.68. The molecule has 0 aromatic heterocycles. The molecule has 1 amide bonds. The molecule has 0 aliphatic carbocycles. The summed E-state index contributed by atoms with van der Waals surface area (Å²) in [4.78, 5) is 22.7. The maximum Gasteiger partial charge on any atom is 0.221 e. The molecule has 0 saturated heterocycles. The minimum absolute atomic E-state index is 0.00637. The number of hydrogen-bond donors (Lipinski definition) is 2. The lowest BCUT2D eigenvalue weighted by atomic mass is 9.95. The van der Waals surface area contributed by atoms with Crippen LogP contribution < -0.4 is 11.1 Å². The molecule has 92 valence electrons. The molecule has 0 radical (unpaired) electrons. The molecule has 3 N–H and O–H groups in total. The molecule has 0 saturated carbocycles. The lowest BCUT2D eigenvalue weighted by Crippen LogP contribution is -2.34. The van der Waals surface area contributed by atoms with E-state index >= 15 is 0 Å². The molecular formula is C13H18N2O2. The van der Waals surface area contributed by atoms with Crippen LogP contribution in [0, 0.1) is 0 Å². The van der Waals surface area contributed by atoms with E-state index in [1.165, 1.54) is 6.92 Å². The number of amides is 1. The van der Waals surface area contributed by atoms with Crippen molar-refractivity contribution in [2.75, 3.05) is 5.32 Å². The van der Waals surface area contributed by atoms with Crippen LogP contribution in [0.25, 0.3) is 0 Å². The first-order valence-corrected chi connectivity index (χ1v) is 5.48. The smallest absolute Gasteiger partial charge is 0.221 e. The highest BCUT2D eigenvalue weighted by atomic mass is 16.1. The van der Waals surface area contributed by atoms with Gasteiger partial charge in [0.25, 0.3) is 0 Å². The van der Waals surface area contributed by atoms with E-state index in [2.05, 4.69) is 5.32 Å². The average Bonchev–Trinajstić information content (AvgIpc) is 2.15. The predicted molar refractivity (Wildman–Crippen MR) is 68.0 cm³/mol. The van der Waals surface area contributed by atoms with Gasteiger partial charge in [-0.2, -0.15) is 0 Å². The molecule has 1 aromatic rings. The van der Waals surface area contributed by atoms with Gasteiger partial charge in [-0.05, 0) is 38.1 Å². The number of nitrogens with two attached hydrogens (primary N) is 1. The van der Waals surface area contributed by atoms with Crippen molar-refractivity contribution in [3.05, 3.63) is 29.8 Å². The van der Waals surface area contributed by atoms with Gasteiger partial charge in [-0.15, -0.1) is 0 Å². The van der Waals surface area contributed by atoms with E-state index in [1.807, 2.05) is 13.8 Å². The van der Waals surface area contributed by atoms with Crippen LogP contribution in [0.4, 0.5) is 5.69 Å². The van der Waals surface area contributed by atoms with E-state index in [0.717, 1.165) is 0 Å². The second-order valence-corrected chi connectivity index (χ2v) is 4.85. The molecule has 0 fully saturated rings. The van der Waals surface area contributed by atoms with Gasteiger partial charge in [0.2, 0.25) is 5.91 Å². The fourth-order valence-electron chi connectivity index (χ4n) is 1.46. The number of Topliss-reactive ketones (excluding diaryl/α,β-unsaturated/α-hetero) is 1. The molecule has 0 unspecified atom stereocenters. The van der Waals surface area contributed by atoms with E-state index in [1.54, 1.807) is 24.3 Å². The quantitative estimate of drug-likeness (QED) is 0.782. The van der Waals surface area contributed by atoms with Crippen LogP contribution in [-0.2, 0) is 4.79 Å². The van der Waals surface area contributed by atoms with Crippen molar-refractivity contribution < 1.29 is 9.59 Å². The lowest BCUT2D eigenvalue weighted by molar-refractivity contribution is -0.114. The third-order valence-corrected chi connectivity index (χ3v) is 2.14. The Kier molecular flexibility index (Phi) is 4.02. The molecule has 0 spiro atoms. The van der Waals surface area contributed by atoms with Gasteiger partial charge in [0, 0.05) is 30.1 Å². The Morgan fingerprint density at radius 2 is 1.76 bits per heavy atom. The van der Waals surface area contributed by atoms with Crippen LogP contribution in [-0.4, -0.2) is 17.2 Å². The highest BCUT2D eigenvalue weighted by Crippen LogP contribution is 2.14. The number of nitrogens with one attached hydrogen (secondary N) is 1. The van der Waals surface area contributed by atoms with E-state index in [0.29, 0.717) is 17.7 Å². The van der Waals surface area contributed by atoms with Gasteiger partial charge in [0.1, 0.15) is 0 Å². The summed E-state index contributed by atoms with van der Waals surface area (Å²) in [5, 5.41) is 2.64. The second kappa shape index (κ2) is 5.10. The van der Waals surface area contributed by atoms with E-state index in [-0.39, 0.29) is 11.7 Å². The van der Waals surface area contributed by atoms with Gasteiger partial charge in [0.05, 0.1) is 0 Å². The zero-order valence-electron chi connectivity index (χ0n) is 10.4. The molecular weight excluding hydrogens is 216 g/mol. The van der Waals surface area contributed by atoms with E-state index in [9.17, 15) is 9.59 Å². The average molecular weight is 234 g/mol. The van der Waals surface area contributed by atoms with Crippen molar-refractivity contribution in [1.29, 1.82) is 0 Å². The number of hydrogen-bond acceptors (Lipinski definition) is 3. The molecule has 0 aliphatic rings. The van der Waals surface area contributed by atoms with Gasteiger partial charge in [0.15, 0.2) is 5.78 Å². The zero-order valence-corrected chi connectivity index (χ0v) is 10.4. The number of benzene rings is 1. The first-order valence-electron chi connectivity index (χ1n) is 5.48. The van der Waals surface area contributed by atoms with Crippen LogP contribution >= 0.6 is 0 Å². The van der Waals surface area contributed by atoms with Crippen molar-refractivity contribution in [3.8, 4) is 0 Å². The van der Waals surface area contributed by atoms with Gasteiger partial charge < -0.3 is 11.1 Å². The van der Waals surface area contributed by atoms with Crippen molar-refractivity contribution in [3.63, 3.8) is 0 Å². The lowest BCUT2D eigenvalue weighted by Gasteiger charge is -2.17. The van der Waals surface area contributed by atoms with Crippen LogP contribution in [0.1, 0.15) is 37.6 Å². The Bertz CT molecular complexity index is 416. The summed E-state index contributed by atoms with van der Waals surface area (Å²) in [5.74, 6) is -0.126. The minimum Gasteiger partial charge on any atom is -0.326 e. The fourth-order valence-corrected chi connectivity index (χ4v) is 1.46. The van der Waals surface area contributed by atoms with Gasteiger partial charge in [-0.3, -0.25) is 9.59 Å². The summed E-state index contributed by atoms with van der Waals surface area (Å²) in [6.07, 6.45) is 0.298. The number of carbonyl (C=O) groups excluding carboxylic acids is 2. The Balaban J connectivity index is 2.74. The Labute approximate surface area is 101 Å². The zero-order chi connectivity index (χ0) is 13.1. The van der Waals surface area contributed by atoms with Crippen LogP contribution in [0.3, 0.4) is 0 Å². The number of rotatable bonds is 4. The Morgan fingerprint density at radius 3 is 2.18 bits per heavy atom. The van der Waals surface area contributed by atoms with Gasteiger partial charge in [-0.25, -0.2) is 0 Å². The molecule has 0 bridgehead atoms. The topological polar surface area (TPSA) is 72.2 Å². The highest BCUT2D eigenvalue weighted by Gasteiger charge is 2.17.